The molecule has 0 heterocycles. The number of esters is 1. The van der Waals surface area contributed by atoms with Gasteiger partial charge in [-0.25, -0.2) is 4.79 Å². The summed E-state index contributed by atoms with van der Waals surface area (Å²) in [5.74, 6) is 0.0334. The van der Waals surface area contributed by atoms with Crippen molar-refractivity contribution in [1.29, 1.82) is 0 Å². The predicted molar refractivity (Wildman–Crippen MR) is 79.7 cm³/mol. The Morgan fingerprint density at radius 3 is 2.25 bits per heavy atom. The minimum Gasteiger partial charge on any atom is -0.423 e. The summed E-state index contributed by atoms with van der Waals surface area (Å²) in [6.45, 7) is 1.60. The van der Waals surface area contributed by atoms with E-state index < -0.39 is 5.97 Å². The van der Waals surface area contributed by atoms with Gasteiger partial charge < -0.3 is 15.8 Å². The number of nitrogens with two attached hydrogens (primary N) is 1. The molecular formula is C16H16N2O2. The molecule has 20 heavy (non-hydrogen) atoms. The molecule has 0 bridgehead atoms. The third-order valence-electron chi connectivity index (χ3n) is 2.70. The van der Waals surface area contributed by atoms with Crippen LogP contribution in [0.3, 0.4) is 0 Å². The van der Waals surface area contributed by atoms with Gasteiger partial charge >= 0.3 is 5.97 Å². The summed E-state index contributed by atoms with van der Waals surface area (Å²) in [5, 5.41) is 3.25. The maximum Gasteiger partial charge on any atom is 0.340 e. The maximum atomic E-state index is 11.5. The average molecular weight is 268 g/mol. The summed E-state index contributed by atoms with van der Waals surface area (Å²) < 4.78 is 5.16. The van der Waals surface area contributed by atoms with Crippen LogP contribution in [0, 0.1) is 0 Å². The van der Waals surface area contributed by atoms with Gasteiger partial charge in [0.05, 0.1) is 0 Å². The zero-order valence-electron chi connectivity index (χ0n) is 11.2. The molecule has 2 aromatic rings. The summed E-state index contributed by atoms with van der Waals surface area (Å²) in [6.07, 6.45) is 1.23. The van der Waals surface area contributed by atoms with Gasteiger partial charge in [-0.2, -0.15) is 0 Å². The molecule has 2 rings (SSSR count). The van der Waals surface area contributed by atoms with Crippen molar-refractivity contribution in [3.63, 3.8) is 0 Å². The highest BCUT2D eigenvalue weighted by molar-refractivity contribution is 5.89. The van der Waals surface area contributed by atoms with Crippen LogP contribution < -0.4 is 15.8 Å². The van der Waals surface area contributed by atoms with Gasteiger partial charge in [-0.15, -0.1) is 0 Å². The number of hydrogen-bond donors (Lipinski definition) is 2. The number of hydrogen-bond acceptors (Lipinski definition) is 4. The summed E-state index contributed by atoms with van der Waals surface area (Å²) in [5.41, 5.74) is 7.55. The van der Waals surface area contributed by atoms with E-state index in [1.165, 1.54) is 6.20 Å². The highest BCUT2D eigenvalue weighted by Crippen LogP contribution is 2.20. The molecule has 0 spiro atoms. The van der Waals surface area contributed by atoms with E-state index >= 15 is 0 Å². The summed E-state index contributed by atoms with van der Waals surface area (Å²) in [4.78, 5) is 11.5. The van der Waals surface area contributed by atoms with Crippen LogP contribution in [0.1, 0.15) is 6.92 Å². The van der Waals surface area contributed by atoms with Crippen LogP contribution in [0.5, 0.6) is 5.75 Å². The van der Waals surface area contributed by atoms with Gasteiger partial charge in [0.25, 0.3) is 0 Å². The van der Waals surface area contributed by atoms with E-state index in [0.717, 1.165) is 11.4 Å². The van der Waals surface area contributed by atoms with Crippen molar-refractivity contribution in [3.05, 3.63) is 66.4 Å². The molecule has 2 aromatic carbocycles. The lowest BCUT2D eigenvalue weighted by Crippen LogP contribution is -2.10. The first-order chi connectivity index (χ1) is 9.69. The minimum absolute atomic E-state index is 0.372. The van der Waals surface area contributed by atoms with Gasteiger partial charge in [-0.05, 0) is 43.3 Å². The van der Waals surface area contributed by atoms with Crippen LogP contribution in [-0.2, 0) is 4.79 Å². The first kappa shape index (κ1) is 13.7. The first-order valence-corrected chi connectivity index (χ1v) is 6.22. The third kappa shape index (κ3) is 3.62. The fourth-order valence-electron chi connectivity index (χ4n) is 1.55. The van der Waals surface area contributed by atoms with Crippen LogP contribution in [-0.4, -0.2) is 5.97 Å². The SMILES string of the molecule is CC(=CN)C(=O)Oc1ccc(Nc2ccccc2)cc1. The number of anilines is 2. The molecule has 0 aromatic heterocycles. The third-order valence-corrected chi connectivity index (χ3v) is 2.70. The second kappa shape index (κ2) is 6.43. The first-order valence-electron chi connectivity index (χ1n) is 6.22. The fourth-order valence-corrected chi connectivity index (χ4v) is 1.55. The monoisotopic (exact) mass is 268 g/mol. The van der Waals surface area contributed by atoms with Crippen molar-refractivity contribution in [1.82, 2.24) is 0 Å². The van der Waals surface area contributed by atoms with Gasteiger partial charge in [0.2, 0.25) is 0 Å². The topological polar surface area (TPSA) is 64.4 Å². The Bertz CT molecular complexity index is 604. The molecule has 0 aliphatic rings. The van der Waals surface area contributed by atoms with E-state index in [4.69, 9.17) is 10.5 Å². The number of nitrogens with one attached hydrogen (secondary N) is 1. The molecule has 0 saturated carbocycles. The van der Waals surface area contributed by atoms with E-state index in [1.807, 2.05) is 42.5 Å². The zero-order chi connectivity index (χ0) is 14.4. The van der Waals surface area contributed by atoms with E-state index in [1.54, 1.807) is 19.1 Å². The molecule has 3 N–H and O–H groups in total. The molecule has 0 radical (unpaired) electrons. The molecule has 4 heteroatoms. The Morgan fingerprint density at radius 1 is 1.05 bits per heavy atom. The Balaban J connectivity index is 2.02. The van der Waals surface area contributed by atoms with Crippen LogP contribution in [0.25, 0.3) is 0 Å². The maximum absolute atomic E-state index is 11.5. The highest BCUT2D eigenvalue weighted by Gasteiger charge is 2.06. The largest absolute Gasteiger partial charge is 0.423 e. The van der Waals surface area contributed by atoms with Gasteiger partial charge in [0, 0.05) is 23.1 Å². The minimum atomic E-state index is -0.448. The van der Waals surface area contributed by atoms with E-state index in [0.29, 0.717) is 11.3 Å². The number of carbonyl (C=O) groups excluding carboxylic acids is 1. The van der Waals surface area contributed by atoms with Crippen molar-refractivity contribution < 1.29 is 9.53 Å². The van der Waals surface area contributed by atoms with Crippen LogP contribution in [0.4, 0.5) is 11.4 Å². The lowest BCUT2D eigenvalue weighted by molar-refractivity contribution is -0.130. The van der Waals surface area contributed by atoms with Gasteiger partial charge in [-0.3, -0.25) is 0 Å². The molecule has 0 aliphatic heterocycles. The number of para-hydroxylation sites is 1. The second-order valence-electron chi connectivity index (χ2n) is 4.25. The zero-order valence-corrected chi connectivity index (χ0v) is 11.2. The summed E-state index contributed by atoms with van der Waals surface area (Å²) in [6, 6.07) is 17.0. The average Bonchev–Trinajstić information content (AvgIpc) is 2.49. The standard InChI is InChI=1S/C16H16N2O2/c1-12(11-17)16(19)20-15-9-7-14(8-10-15)18-13-5-3-2-4-6-13/h2-11,18H,17H2,1H3. The fraction of sp³-hybridized carbons (Fsp3) is 0.0625. The number of benzene rings is 2. The molecule has 0 fully saturated rings. The molecule has 0 saturated heterocycles. The normalized spacial score (nSPS) is 10.9. The molecule has 102 valence electrons. The molecule has 4 nitrogen and oxygen atoms in total. The molecule has 0 amide bonds. The lowest BCUT2D eigenvalue weighted by atomic mass is 10.2. The van der Waals surface area contributed by atoms with Crippen molar-refractivity contribution in [2.75, 3.05) is 5.32 Å². The molecule has 0 atom stereocenters. The predicted octanol–water partition coefficient (Wildman–Crippen LogP) is 3.20. The lowest BCUT2D eigenvalue weighted by Gasteiger charge is -2.08. The number of rotatable bonds is 4. The Hall–Kier alpha value is -2.75. The molecule has 0 unspecified atom stereocenters. The quantitative estimate of drug-likeness (QED) is 0.508. The summed E-state index contributed by atoms with van der Waals surface area (Å²) in [7, 11) is 0. The molecule has 0 aliphatic carbocycles. The Kier molecular flexibility index (Phi) is 4.39. The van der Waals surface area contributed by atoms with Crippen molar-refractivity contribution in [2.45, 2.75) is 6.92 Å². The summed E-state index contributed by atoms with van der Waals surface area (Å²) >= 11 is 0. The van der Waals surface area contributed by atoms with Crippen LogP contribution in [0.15, 0.2) is 66.4 Å². The van der Waals surface area contributed by atoms with Gasteiger partial charge in [-0.1, -0.05) is 18.2 Å². The van der Waals surface area contributed by atoms with Gasteiger partial charge in [0.1, 0.15) is 5.75 Å². The molecular weight excluding hydrogens is 252 g/mol. The van der Waals surface area contributed by atoms with E-state index in [9.17, 15) is 4.79 Å². The highest BCUT2D eigenvalue weighted by atomic mass is 16.5. The van der Waals surface area contributed by atoms with Crippen molar-refractivity contribution in [3.8, 4) is 5.75 Å². The second-order valence-corrected chi connectivity index (χ2v) is 4.25. The number of carbonyl (C=O) groups is 1. The van der Waals surface area contributed by atoms with Crippen LogP contribution >= 0.6 is 0 Å². The number of ether oxygens (including phenoxy) is 1. The van der Waals surface area contributed by atoms with E-state index in [2.05, 4.69) is 5.32 Å². The van der Waals surface area contributed by atoms with Crippen molar-refractivity contribution >= 4 is 17.3 Å². The van der Waals surface area contributed by atoms with E-state index in [-0.39, 0.29) is 0 Å². The Morgan fingerprint density at radius 2 is 1.65 bits per heavy atom. The smallest absolute Gasteiger partial charge is 0.340 e. The van der Waals surface area contributed by atoms with Crippen molar-refractivity contribution in [2.24, 2.45) is 5.73 Å². The Labute approximate surface area is 117 Å². The van der Waals surface area contributed by atoms with Crippen LogP contribution in [0.2, 0.25) is 0 Å². The van der Waals surface area contributed by atoms with Gasteiger partial charge in [0.15, 0.2) is 0 Å².